The van der Waals surface area contributed by atoms with Crippen LogP contribution in [0.25, 0.3) is 0 Å². The molecule has 1 aliphatic rings. The number of carbonyl (C=O) groups is 1. The Morgan fingerprint density at radius 3 is 2.62 bits per heavy atom. The zero-order valence-electron chi connectivity index (χ0n) is 10.4. The van der Waals surface area contributed by atoms with Gasteiger partial charge in [0.2, 0.25) is 0 Å². The molecule has 2 N–H and O–H groups in total. The maximum atomic E-state index is 11.5. The Bertz CT molecular complexity index is 263. The molecule has 0 saturated carbocycles. The minimum absolute atomic E-state index is 0.182. The van der Waals surface area contributed by atoms with Crippen molar-refractivity contribution in [2.75, 3.05) is 6.54 Å². The van der Waals surface area contributed by atoms with E-state index in [4.69, 9.17) is 4.74 Å². The van der Waals surface area contributed by atoms with Crippen molar-refractivity contribution in [3.63, 3.8) is 0 Å². The molecule has 0 radical (unpaired) electrons. The van der Waals surface area contributed by atoms with Crippen LogP contribution in [-0.2, 0) is 4.74 Å². The number of hydrogen-bond donors (Lipinski definition) is 2. The van der Waals surface area contributed by atoms with Gasteiger partial charge < -0.3 is 10.1 Å². The number of piperidine rings is 1. The Morgan fingerprint density at radius 1 is 1.44 bits per heavy atom. The van der Waals surface area contributed by atoms with Crippen LogP contribution in [0.5, 0.6) is 0 Å². The Kier molecular flexibility index (Phi) is 4.35. The van der Waals surface area contributed by atoms with Crippen LogP contribution in [0.4, 0.5) is 4.79 Å². The van der Waals surface area contributed by atoms with Gasteiger partial charge in [-0.3, -0.25) is 5.32 Å². The molecule has 4 heteroatoms. The van der Waals surface area contributed by atoms with E-state index in [2.05, 4.69) is 17.2 Å². The third-order valence-electron chi connectivity index (χ3n) is 2.39. The summed E-state index contributed by atoms with van der Waals surface area (Å²) >= 11 is 0. The molecule has 16 heavy (non-hydrogen) atoms. The highest BCUT2D eigenvalue weighted by Crippen LogP contribution is 2.13. The lowest BCUT2D eigenvalue weighted by atomic mass is 10.0. The second-order valence-corrected chi connectivity index (χ2v) is 5.15. The predicted octanol–water partition coefficient (Wildman–Crippen LogP) is 2.17. The van der Waals surface area contributed by atoms with Crippen molar-refractivity contribution in [3.8, 4) is 0 Å². The quantitative estimate of drug-likeness (QED) is 0.758. The summed E-state index contributed by atoms with van der Waals surface area (Å²) in [5.41, 5.74) is 0.235. The predicted molar refractivity (Wildman–Crippen MR) is 64.2 cm³/mol. The van der Waals surface area contributed by atoms with E-state index in [0.717, 1.165) is 13.0 Å². The summed E-state index contributed by atoms with van der Waals surface area (Å²) in [6, 6.07) is 0.182. The van der Waals surface area contributed by atoms with Crippen LogP contribution in [-0.4, -0.2) is 24.3 Å². The van der Waals surface area contributed by atoms with Gasteiger partial charge in [0.15, 0.2) is 0 Å². The summed E-state index contributed by atoms with van der Waals surface area (Å²) in [7, 11) is 0. The number of hydrogen-bond acceptors (Lipinski definition) is 3. The maximum Gasteiger partial charge on any atom is 0.411 e. The van der Waals surface area contributed by atoms with Crippen molar-refractivity contribution in [1.29, 1.82) is 0 Å². The molecule has 1 aliphatic heterocycles. The van der Waals surface area contributed by atoms with Crippen molar-refractivity contribution in [2.24, 2.45) is 0 Å². The molecule has 1 heterocycles. The van der Waals surface area contributed by atoms with E-state index in [1.807, 2.05) is 20.8 Å². The minimum Gasteiger partial charge on any atom is -0.444 e. The molecule has 0 aromatic rings. The molecule has 1 fully saturated rings. The monoisotopic (exact) mass is 226 g/mol. The SMILES string of the molecule is C=C(NC(=O)OC(C)(C)C)C1CCCCN1. The average Bonchev–Trinajstić information content (AvgIpc) is 2.16. The van der Waals surface area contributed by atoms with Crippen LogP contribution in [0.1, 0.15) is 40.0 Å². The normalized spacial score (nSPS) is 21.3. The fourth-order valence-corrected chi connectivity index (χ4v) is 1.67. The van der Waals surface area contributed by atoms with E-state index in [1.54, 1.807) is 0 Å². The summed E-state index contributed by atoms with van der Waals surface area (Å²) in [5, 5.41) is 6.01. The smallest absolute Gasteiger partial charge is 0.411 e. The molecule has 92 valence electrons. The van der Waals surface area contributed by atoms with Crippen LogP contribution in [0.2, 0.25) is 0 Å². The van der Waals surface area contributed by atoms with E-state index in [1.165, 1.54) is 12.8 Å². The van der Waals surface area contributed by atoms with Gasteiger partial charge in [-0.1, -0.05) is 13.0 Å². The minimum atomic E-state index is -0.468. The third kappa shape index (κ3) is 4.66. The lowest BCUT2D eigenvalue weighted by Crippen LogP contribution is -2.42. The first kappa shape index (κ1) is 13.0. The Labute approximate surface area is 97.4 Å². The van der Waals surface area contributed by atoms with Crippen LogP contribution < -0.4 is 10.6 Å². The average molecular weight is 226 g/mol. The van der Waals surface area contributed by atoms with Crippen molar-refractivity contribution < 1.29 is 9.53 Å². The van der Waals surface area contributed by atoms with Crippen LogP contribution in [0, 0.1) is 0 Å². The first-order valence-corrected chi connectivity index (χ1v) is 5.81. The fraction of sp³-hybridized carbons (Fsp3) is 0.750. The van der Waals surface area contributed by atoms with Gasteiger partial charge in [-0.2, -0.15) is 0 Å². The van der Waals surface area contributed by atoms with Gasteiger partial charge in [0.1, 0.15) is 5.60 Å². The molecule has 4 nitrogen and oxygen atoms in total. The number of carbonyl (C=O) groups excluding carboxylic acids is 1. The van der Waals surface area contributed by atoms with Crippen molar-refractivity contribution in [1.82, 2.24) is 10.6 Å². The molecule has 1 amide bonds. The molecule has 0 aliphatic carbocycles. The standard InChI is InChI=1S/C12H22N2O2/c1-9(10-7-5-6-8-13-10)14-11(15)16-12(2,3)4/h10,13H,1,5-8H2,2-4H3,(H,14,15). The second kappa shape index (κ2) is 5.34. The van der Waals surface area contributed by atoms with E-state index in [-0.39, 0.29) is 6.04 Å². The molecule has 0 aromatic heterocycles. The topological polar surface area (TPSA) is 50.4 Å². The lowest BCUT2D eigenvalue weighted by molar-refractivity contribution is 0.0541. The first-order valence-electron chi connectivity index (χ1n) is 5.81. The van der Waals surface area contributed by atoms with Gasteiger partial charge in [0, 0.05) is 11.7 Å². The molecular formula is C12H22N2O2. The molecular weight excluding hydrogens is 204 g/mol. The van der Waals surface area contributed by atoms with E-state index < -0.39 is 11.7 Å². The third-order valence-corrected chi connectivity index (χ3v) is 2.39. The van der Waals surface area contributed by atoms with E-state index in [0.29, 0.717) is 5.70 Å². The summed E-state index contributed by atoms with van der Waals surface area (Å²) in [6.45, 7) is 10.4. The Hall–Kier alpha value is -1.03. The zero-order chi connectivity index (χ0) is 12.2. The number of nitrogens with one attached hydrogen (secondary N) is 2. The van der Waals surface area contributed by atoms with Gasteiger partial charge in [-0.05, 0) is 40.2 Å². The first-order chi connectivity index (χ1) is 7.38. The van der Waals surface area contributed by atoms with Gasteiger partial charge in [0.05, 0.1) is 0 Å². The maximum absolute atomic E-state index is 11.5. The lowest BCUT2D eigenvalue weighted by Gasteiger charge is -2.26. The molecule has 1 unspecified atom stereocenters. The molecule has 1 atom stereocenters. The second-order valence-electron chi connectivity index (χ2n) is 5.15. The van der Waals surface area contributed by atoms with E-state index >= 15 is 0 Å². The number of alkyl carbamates (subject to hydrolysis) is 1. The summed E-state index contributed by atoms with van der Waals surface area (Å²) in [5.74, 6) is 0. The van der Waals surface area contributed by atoms with Gasteiger partial charge in [0.25, 0.3) is 0 Å². The van der Waals surface area contributed by atoms with Crippen LogP contribution in [0.15, 0.2) is 12.3 Å². The molecule has 0 spiro atoms. The van der Waals surface area contributed by atoms with Crippen molar-refractivity contribution in [3.05, 3.63) is 12.3 Å². The Balaban J connectivity index is 2.35. The fourth-order valence-electron chi connectivity index (χ4n) is 1.67. The Morgan fingerprint density at radius 2 is 2.12 bits per heavy atom. The van der Waals surface area contributed by atoms with Crippen molar-refractivity contribution >= 4 is 6.09 Å². The highest BCUT2D eigenvalue weighted by Gasteiger charge is 2.20. The van der Waals surface area contributed by atoms with Gasteiger partial charge in [-0.25, -0.2) is 4.79 Å². The molecule has 0 bridgehead atoms. The number of amides is 1. The highest BCUT2D eigenvalue weighted by molar-refractivity contribution is 5.70. The zero-order valence-corrected chi connectivity index (χ0v) is 10.4. The van der Waals surface area contributed by atoms with Crippen LogP contribution in [0.3, 0.4) is 0 Å². The summed E-state index contributed by atoms with van der Waals surface area (Å²) in [4.78, 5) is 11.5. The van der Waals surface area contributed by atoms with Gasteiger partial charge in [-0.15, -0.1) is 0 Å². The van der Waals surface area contributed by atoms with Crippen molar-refractivity contribution in [2.45, 2.75) is 51.7 Å². The highest BCUT2D eigenvalue weighted by atomic mass is 16.6. The summed E-state index contributed by atoms with van der Waals surface area (Å²) < 4.78 is 5.16. The summed E-state index contributed by atoms with van der Waals surface area (Å²) in [6.07, 6.45) is 2.96. The molecule has 1 saturated heterocycles. The van der Waals surface area contributed by atoms with Gasteiger partial charge >= 0.3 is 6.09 Å². The van der Waals surface area contributed by atoms with Crippen LogP contribution >= 0.6 is 0 Å². The number of rotatable bonds is 2. The molecule has 0 aromatic carbocycles. The number of ether oxygens (including phenoxy) is 1. The molecule has 1 rings (SSSR count). The largest absolute Gasteiger partial charge is 0.444 e. The van der Waals surface area contributed by atoms with E-state index in [9.17, 15) is 4.79 Å².